The van der Waals surface area contributed by atoms with E-state index in [2.05, 4.69) is 9.72 Å². The van der Waals surface area contributed by atoms with Crippen LogP contribution >= 0.6 is 0 Å². The lowest BCUT2D eigenvalue weighted by Crippen LogP contribution is -2.10. The largest absolute Gasteiger partial charge is 0.506 e. The second kappa shape index (κ2) is 5.53. The van der Waals surface area contributed by atoms with Gasteiger partial charge in [-0.15, -0.1) is 0 Å². The van der Waals surface area contributed by atoms with Gasteiger partial charge in [0.2, 0.25) is 0 Å². The third-order valence-corrected chi connectivity index (χ3v) is 2.13. The molecular weight excluding hydrogens is 234 g/mol. The summed E-state index contributed by atoms with van der Waals surface area (Å²) in [5.41, 5.74) is 4.73. The van der Waals surface area contributed by atoms with Gasteiger partial charge in [0.15, 0.2) is 0 Å². The molecule has 7 heteroatoms. The van der Waals surface area contributed by atoms with E-state index in [-0.39, 0.29) is 24.4 Å². The van der Waals surface area contributed by atoms with Crippen molar-refractivity contribution in [1.29, 1.82) is 0 Å². The highest BCUT2D eigenvalue weighted by Crippen LogP contribution is 2.31. The normalized spacial score (nSPS) is 10.6. The summed E-state index contributed by atoms with van der Waals surface area (Å²) in [7, 11) is 1.15. The summed E-state index contributed by atoms with van der Waals surface area (Å²) < 4.78 is 29.6. The smallest absolute Gasteiger partial charge is 0.311 e. The minimum atomic E-state index is -2.86. The molecule has 0 bridgehead atoms. The van der Waals surface area contributed by atoms with Crippen LogP contribution in [-0.2, 0) is 22.5 Å². The van der Waals surface area contributed by atoms with Gasteiger partial charge >= 0.3 is 5.97 Å². The Kier molecular flexibility index (Phi) is 4.33. The van der Waals surface area contributed by atoms with Crippen LogP contribution in [0.25, 0.3) is 0 Å². The highest BCUT2D eigenvalue weighted by atomic mass is 19.3. The molecule has 0 unspecified atom stereocenters. The molecule has 0 aliphatic carbocycles. The lowest BCUT2D eigenvalue weighted by atomic mass is 10.1. The number of nitrogens with zero attached hydrogens (tertiary/aromatic N) is 1. The van der Waals surface area contributed by atoms with Crippen LogP contribution in [0.1, 0.15) is 23.4 Å². The van der Waals surface area contributed by atoms with Crippen molar-refractivity contribution in [2.45, 2.75) is 19.4 Å². The Bertz CT molecular complexity index is 424. The molecule has 0 fully saturated rings. The number of alkyl halides is 2. The van der Waals surface area contributed by atoms with Gasteiger partial charge in [-0.3, -0.25) is 9.78 Å². The van der Waals surface area contributed by atoms with Crippen molar-refractivity contribution in [1.82, 2.24) is 4.98 Å². The molecule has 0 atom stereocenters. The van der Waals surface area contributed by atoms with Gasteiger partial charge < -0.3 is 15.6 Å². The van der Waals surface area contributed by atoms with E-state index in [1.54, 1.807) is 0 Å². The van der Waals surface area contributed by atoms with Crippen LogP contribution in [-0.4, -0.2) is 23.2 Å². The third kappa shape index (κ3) is 3.10. The van der Waals surface area contributed by atoms with E-state index >= 15 is 0 Å². The molecule has 0 aromatic carbocycles. The Morgan fingerprint density at radius 1 is 1.65 bits per heavy atom. The number of ether oxygens (including phenoxy) is 1. The molecule has 0 saturated carbocycles. The highest BCUT2D eigenvalue weighted by Gasteiger charge is 2.20. The number of carbonyl (C=O) groups is 1. The lowest BCUT2D eigenvalue weighted by molar-refractivity contribution is -0.139. The summed E-state index contributed by atoms with van der Waals surface area (Å²) in [6.07, 6.45) is -3.24. The van der Waals surface area contributed by atoms with Crippen molar-refractivity contribution in [3.8, 4) is 5.75 Å². The van der Waals surface area contributed by atoms with Crippen LogP contribution in [0.3, 0.4) is 0 Å². The number of methoxy groups -OCH3 is 1. The molecule has 1 aromatic heterocycles. The summed E-state index contributed by atoms with van der Waals surface area (Å²) in [4.78, 5) is 14.8. The number of pyridine rings is 1. The predicted octanol–water partition coefficient (Wildman–Crippen LogP) is 0.899. The van der Waals surface area contributed by atoms with E-state index in [0.717, 1.165) is 13.2 Å². The number of esters is 1. The molecule has 1 rings (SSSR count). The summed E-state index contributed by atoms with van der Waals surface area (Å²) in [6, 6.07) is 1.01. The third-order valence-electron chi connectivity index (χ3n) is 2.13. The molecule has 1 aromatic rings. The van der Waals surface area contributed by atoms with Gasteiger partial charge in [0.05, 0.1) is 30.5 Å². The molecule has 1 heterocycles. The molecular formula is C10H12F2N2O3. The maximum absolute atomic E-state index is 12.6. The van der Waals surface area contributed by atoms with E-state index < -0.39 is 23.7 Å². The Morgan fingerprint density at radius 2 is 2.29 bits per heavy atom. The van der Waals surface area contributed by atoms with Crippen molar-refractivity contribution in [2.24, 2.45) is 5.73 Å². The summed E-state index contributed by atoms with van der Waals surface area (Å²) in [6.45, 7) is -0.0613. The van der Waals surface area contributed by atoms with Gasteiger partial charge in [0.1, 0.15) is 5.75 Å². The standard InChI is InChI=1S/C10H12F2N2O3/c1-17-8(15)3-7-9(16)6(10(11)12)2-5(4-13)14-7/h2,10,16H,3-4,13H2,1H3. The van der Waals surface area contributed by atoms with Gasteiger partial charge in [0, 0.05) is 6.54 Å². The van der Waals surface area contributed by atoms with Gasteiger partial charge in [-0.25, -0.2) is 8.78 Å². The number of aromatic nitrogens is 1. The van der Waals surface area contributed by atoms with E-state index in [1.165, 1.54) is 0 Å². The zero-order valence-corrected chi connectivity index (χ0v) is 9.11. The van der Waals surface area contributed by atoms with E-state index in [1.807, 2.05) is 0 Å². The van der Waals surface area contributed by atoms with Crippen molar-refractivity contribution in [3.05, 3.63) is 23.0 Å². The van der Waals surface area contributed by atoms with Crippen LogP contribution in [0.4, 0.5) is 8.78 Å². The molecule has 94 valence electrons. The minimum Gasteiger partial charge on any atom is -0.506 e. The minimum absolute atomic E-state index is 0.0613. The number of hydrogen-bond acceptors (Lipinski definition) is 5. The fourth-order valence-corrected chi connectivity index (χ4v) is 1.28. The van der Waals surface area contributed by atoms with Gasteiger partial charge in [-0.2, -0.15) is 0 Å². The average Bonchev–Trinajstić information content (AvgIpc) is 2.31. The maximum atomic E-state index is 12.6. The number of rotatable bonds is 4. The summed E-state index contributed by atoms with van der Waals surface area (Å²) in [5, 5.41) is 9.53. The molecule has 0 aliphatic heterocycles. The first-order chi connectivity index (χ1) is 7.99. The zero-order valence-electron chi connectivity index (χ0n) is 9.11. The quantitative estimate of drug-likeness (QED) is 0.771. The Hall–Kier alpha value is -1.76. The molecule has 0 radical (unpaired) electrons. The van der Waals surface area contributed by atoms with Crippen molar-refractivity contribution >= 4 is 5.97 Å². The van der Waals surface area contributed by atoms with Gasteiger partial charge in [0.25, 0.3) is 6.43 Å². The fourth-order valence-electron chi connectivity index (χ4n) is 1.28. The number of aromatic hydroxyl groups is 1. The maximum Gasteiger partial charge on any atom is 0.311 e. The summed E-state index contributed by atoms with van der Waals surface area (Å²) >= 11 is 0. The number of nitrogens with two attached hydrogens (primary N) is 1. The number of halogens is 2. The highest BCUT2D eigenvalue weighted by molar-refractivity contribution is 5.72. The first-order valence-corrected chi connectivity index (χ1v) is 4.76. The molecule has 17 heavy (non-hydrogen) atoms. The molecule has 0 aliphatic rings. The van der Waals surface area contributed by atoms with Crippen molar-refractivity contribution in [2.75, 3.05) is 7.11 Å². The molecule has 0 amide bonds. The van der Waals surface area contributed by atoms with Crippen LogP contribution in [0, 0.1) is 0 Å². The van der Waals surface area contributed by atoms with Crippen LogP contribution in [0.15, 0.2) is 6.07 Å². The summed E-state index contributed by atoms with van der Waals surface area (Å²) in [5.74, 6) is -1.37. The lowest BCUT2D eigenvalue weighted by Gasteiger charge is -2.10. The van der Waals surface area contributed by atoms with Gasteiger partial charge in [-0.05, 0) is 6.07 Å². The Balaban J connectivity index is 3.19. The second-order valence-electron chi connectivity index (χ2n) is 3.26. The predicted molar refractivity (Wildman–Crippen MR) is 54.5 cm³/mol. The van der Waals surface area contributed by atoms with Crippen LogP contribution in [0.5, 0.6) is 5.75 Å². The average molecular weight is 246 g/mol. The number of hydrogen-bond donors (Lipinski definition) is 2. The fraction of sp³-hybridized carbons (Fsp3) is 0.400. The zero-order chi connectivity index (χ0) is 13.0. The van der Waals surface area contributed by atoms with E-state index in [0.29, 0.717) is 0 Å². The van der Waals surface area contributed by atoms with Gasteiger partial charge in [-0.1, -0.05) is 0 Å². The first kappa shape index (κ1) is 13.3. The monoisotopic (exact) mass is 246 g/mol. The van der Waals surface area contributed by atoms with Crippen molar-refractivity contribution in [3.63, 3.8) is 0 Å². The molecule has 0 spiro atoms. The topological polar surface area (TPSA) is 85.4 Å². The Labute approximate surface area is 96.2 Å². The molecule has 3 N–H and O–H groups in total. The molecule has 5 nitrogen and oxygen atoms in total. The van der Waals surface area contributed by atoms with E-state index in [9.17, 15) is 18.7 Å². The molecule has 0 saturated heterocycles. The first-order valence-electron chi connectivity index (χ1n) is 4.76. The second-order valence-corrected chi connectivity index (χ2v) is 3.26. The van der Waals surface area contributed by atoms with Crippen molar-refractivity contribution < 1.29 is 23.4 Å². The SMILES string of the molecule is COC(=O)Cc1nc(CN)cc(C(F)F)c1O. The van der Waals surface area contributed by atoms with Crippen LogP contribution in [0.2, 0.25) is 0 Å². The number of carbonyl (C=O) groups excluding carboxylic acids is 1. The Morgan fingerprint density at radius 3 is 2.76 bits per heavy atom. The van der Waals surface area contributed by atoms with E-state index in [4.69, 9.17) is 5.73 Å². The van der Waals surface area contributed by atoms with Crippen LogP contribution < -0.4 is 5.73 Å².